The van der Waals surface area contributed by atoms with E-state index in [1.165, 1.54) is 17.8 Å². The average molecular weight is 399 g/mol. The number of carbonyl (C=O) groups excluding carboxylic acids is 1. The Morgan fingerprint density at radius 1 is 1.29 bits per heavy atom. The molecule has 3 aromatic rings. The van der Waals surface area contributed by atoms with Gasteiger partial charge < -0.3 is 15.0 Å². The van der Waals surface area contributed by atoms with E-state index in [0.29, 0.717) is 11.0 Å². The van der Waals surface area contributed by atoms with Crippen LogP contribution in [-0.2, 0) is 11.8 Å². The minimum Gasteiger partial charge on any atom is -0.502 e. The van der Waals surface area contributed by atoms with Gasteiger partial charge in [0, 0.05) is 24.4 Å². The Balaban J connectivity index is 1.66. The number of aryl methyl sites for hydroxylation is 1. The van der Waals surface area contributed by atoms with Crippen molar-refractivity contribution in [3.8, 4) is 17.1 Å². The van der Waals surface area contributed by atoms with Crippen molar-refractivity contribution in [2.24, 2.45) is 7.05 Å². The molecule has 0 aliphatic carbocycles. The Morgan fingerprint density at radius 2 is 2.07 bits per heavy atom. The maximum absolute atomic E-state index is 12.2. The van der Waals surface area contributed by atoms with Crippen LogP contribution >= 0.6 is 11.8 Å². The number of nitro groups is 1. The van der Waals surface area contributed by atoms with E-state index in [-0.39, 0.29) is 17.3 Å². The van der Waals surface area contributed by atoms with Gasteiger partial charge in [-0.25, -0.2) is 0 Å². The van der Waals surface area contributed by atoms with E-state index in [1.54, 1.807) is 4.57 Å². The van der Waals surface area contributed by atoms with Crippen molar-refractivity contribution in [1.82, 2.24) is 14.8 Å². The average Bonchev–Trinajstić information content (AvgIpc) is 3.02. The fraction of sp³-hybridized carbons (Fsp3) is 0.167. The third kappa shape index (κ3) is 4.29. The number of nitrogens with one attached hydrogen (secondary N) is 1. The topological polar surface area (TPSA) is 123 Å². The van der Waals surface area contributed by atoms with Gasteiger partial charge >= 0.3 is 5.69 Å². The third-order valence-electron chi connectivity index (χ3n) is 3.90. The number of aromatic hydroxyl groups is 1. The summed E-state index contributed by atoms with van der Waals surface area (Å²) in [7, 11) is 1.82. The molecule has 0 saturated carbocycles. The van der Waals surface area contributed by atoms with Gasteiger partial charge in [-0.2, -0.15) is 0 Å². The summed E-state index contributed by atoms with van der Waals surface area (Å²) in [5, 5.41) is 31.8. The Morgan fingerprint density at radius 3 is 2.79 bits per heavy atom. The molecule has 10 heteroatoms. The molecule has 1 heterocycles. The number of thioether (sulfide) groups is 1. The van der Waals surface area contributed by atoms with Crippen LogP contribution in [0.15, 0.2) is 47.6 Å². The molecule has 3 rings (SSSR count). The van der Waals surface area contributed by atoms with Crippen LogP contribution in [0.25, 0.3) is 11.4 Å². The van der Waals surface area contributed by atoms with Gasteiger partial charge in [-0.05, 0) is 25.1 Å². The second-order valence-corrected chi connectivity index (χ2v) is 6.97. The second kappa shape index (κ2) is 8.09. The first kappa shape index (κ1) is 19.4. The van der Waals surface area contributed by atoms with Gasteiger partial charge in [0.05, 0.1) is 10.7 Å². The number of hydrogen-bond acceptors (Lipinski definition) is 7. The molecule has 0 aliphatic heterocycles. The molecule has 0 atom stereocenters. The first-order valence-electron chi connectivity index (χ1n) is 8.21. The lowest BCUT2D eigenvalue weighted by molar-refractivity contribution is -0.385. The smallest absolute Gasteiger partial charge is 0.312 e. The molecule has 0 unspecified atom stereocenters. The molecular formula is C18H17N5O4S. The zero-order valence-electron chi connectivity index (χ0n) is 15.1. The standard InChI is InChI=1S/C18H17N5O4S/c1-11-4-3-5-12(8-11)17-20-21-18(22(17)2)28-10-16(25)19-13-6-7-15(24)14(9-13)23(26)27/h3-9,24H,10H2,1-2H3,(H,19,25). The van der Waals surface area contributed by atoms with Gasteiger partial charge in [0.2, 0.25) is 5.91 Å². The molecule has 1 aromatic heterocycles. The maximum atomic E-state index is 12.2. The van der Waals surface area contributed by atoms with Crippen LogP contribution in [0.3, 0.4) is 0 Å². The van der Waals surface area contributed by atoms with Crippen LogP contribution in [0, 0.1) is 17.0 Å². The van der Waals surface area contributed by atoms with Crippen molar-refractivity contribution in [3.05, 3.63) is 58.1 Å². The van der Waals surface area contributed by atoms with E-state index < -0.39 is 16.4 Å². The molecular weight excluding hydrogens is 382 g/mol. The van der Waals surface area contributed by atoms with Crippen molar-refractivity contribution in [1.29, 1.82) is 0 Å². The van der Waals surface area contributed by atoms with Crippen molar-refractivity contribution in [3.63, 3.8) is 0 Å². The van der Waals surface area contributed by atoms with Gasteiger partial charge in [-0.15, -0.1) is 10.2 Å². The van der Waals surface area contributed by atoms with E-state index in [0.717, 1.165) is 23.3 Å². The van der Waals surface area contributed by atoms with Crippen molar-refractivity contribution in [2.75, 3.05) is 11.1 Å². The lowest BCUT2D eigenvalue weighted by atomic mass is 10.1. The molecule has 0 bridgehead atoms. The summed E-state index contributed by atoms with van der Waals surface area (Å²) < 4.78 is 1.80. The normalized spacial score (nSPS) is 10.6. The minimum absolute atomic E-state index is 0.0501. The molecule has 28 heavy (non-hydrogen) atoms. The molecule has 0 radical (unpaired) electrons. The number of benzene rings is 2. The number of carbonyl (C=O) groups is 1. The molecule has 1 amide bonds. The molecule has 0 spiro atoms. The van der Waals surface area contributed by atoms with Crippen LogP contribution in [0.1, 0.15) is 5.56 Å². The lowest BCUT2D eigenvalue weighted by Gasteiger charge is -2.06. The zero-order chi connectivity index (χ0) is 20.3. The van der Waals surface area contributed by atoms with Crippen LogP contribution in [0.4, 0.5) is 11.4 Å². The van der Waals surface area contributed by atoms with E-state index in [4.69, 9.17) is 0 Å². The van der Waals surface area contributed by atoms with Gasteiger partial charge in [0.1, 0.15) is 0 Å². The van der Waals surface area contributed by atoms with Crippen LogP contribution in [-0.4, -0.2) is 36.5 Å². The van der Waals surface area contributed by atoms with Gasteiger partial charge in [-0.1, -0.05) is 35.5 Å². The predicted octanol–water partition coefficient (Wildman–Crippen LogP) is 3.14. The van der Waals surface area contributed by atoms with E-state index in [2.05, 4.69) is 15.5 Å². The van der Waals surface area contributed by atoms with Gasteiger partial charge in [0.15, 0.2) is 16.7 Å². The summed E-state index contributed by atoms with van der Waals surface area (Å²) in [5.41, 5.74) is 1.80. The first-order valence-corrected chi connectivity index (χ1v) is 9.20. The predicted molar refractivity (Wildman–Crippen MR) is 105 cm³/mol. The molecule has 0 fully saturated rings. The Labute approximate surface area is 164 Å². The van der Waals surface area contributed by atoms with Crippen molar-refractivity contribution >= 4 is 29.0 Å². The number of anilines is 1. The summed E-state index contributed by atoms with van der Waals surface area (Å²) in [4.78, 5) is 22.3. The number of nitro benzene ring substituents is 1. The summed E-state index contributed by atoms with van der Waals surface area (Å²) in [6, 6.07) is 11.5. The van der Waals surface area contributed by atoms with Crippen LogP contribution in [0.2, 0.25) is 0 Å². The van der Waals surface area contributed by atoms with Gasteiger partial charge in [-0.3, -0.25) is 14.9 Å². The number of aromatic nitrogens is 3. The fourth-order valence-electron chi connectivity index (χ4n) is 2.55. The zero-order valence-corrected chi connectivity index (χ0v) is 15.9. The summed E-state index contributed by atoms with van der Waals surface area (Å²) >= 11 is 1.20. The Kier molecular flexibility index (Phi) is 5.59. The number of amides is 1. The highest BCUT2D eigenvalue weighted by molar-refractivity contribution is 7.99. The SMILES string of the molecule is Cc1cccc(-c2nnc(SCC(=O)Nc3ccc(O)c([N+](=O)[O-])c3)n2C)c1. The largest absolute Gasteiger partial charge is 0.502 e. The minimum atomic E-state index is -0.716. The number of phenolic OH excluding ortho intramolecular Hbond substituents is 1. The fourth-order valence-corrected chi connectivity index (χ4v) is 3.26. The highest BCUT2D eigenvalue weighted by Gasteiger charge is 2.16. The second-order valence-electron chi connectivity index (χ2n) is 6.03. The lowest BCUT2D eigenvalue weighted by Crippen LogP contribution is -2.14. The summed E-state index contributed by atoms with van der Waals surface area (Å²) in [6.45, 7) is 1.99. The quantitative estimate of drug-likeness (QED) is 0.282. The van der Waals surface area contributed by atoms with Crippen molar-refractivity contribution < 1.29 is 14.8 Å². The number of phenols is 1. The van der Waals surface area contributed by atoms with Crippen LogP contribution < -0.4 is 5.32 Å². The third-order valence-corrected chi connectivity index (χ3v) is 4.92. The van der Waals surface area contributed by atoms with Crippen LogP contribution in [0.5, 0.6) is 5.75 Å². The maximum Gasteiger partial charge on any atom is 0.312 e. The van der Waals surface area contributed by atoms with E-state index in [9.17, 15) is 20.0 Å². The monoisotopic (exact) mass is 399 g/mol. The van der Waals surface area contributed by atoms with Crippen molar-refractivity contribution in [2.45, 2.75) is 12.1 Å². The van der Waals surface area contributed by atoms with E-state index >= 15 is 0 Å². The number of rotatable bonds is 6. The molecule has 144 valence electrons. The van der Waals surface area contributed by atoms with Gasteiger partial charge in [0.25, 0.3) is 0 Å². The first-order chi connectivity index (χ1) is 13.3. The summed E-state index contributed by atoms with van der Waals surface area (Å²) in [5.74, 6) is -0.0694. The molecule has 0 aliphatic rings. The highest BCUT2D eigenvalue weighted by atomic mass is 32.2. The highest BCUT2D eigenvalue weighted by Crippen LogP contribution is 2.29. The Bertz CT molecular complexity index is 1050. The number of nitrogens with zero attached hydrogens (tertiary/aromatic N) is 4. The molecule has 2 N–H and O–H groups in total. The Hall–Kier alpha value is -3.40. The molecule has 0 saturated heterocycles. The molecule has 9 nitrogen and oxygen atoms in total. The van der Waals surface area contributed by atoms with E-state index in [1.807, 2.05) is 38.2 Å². The molecule has 2 aromatic carbocycles. The number of hydrogen-bond donors (Lipinski definition) is 2. The summed E-state index contributed by atoms with van der Waals surface area (Å²) in [6.07, 6.45) is 0.